The van der Waals surface area contributed by atoms with Crippen molar-refractivity contribution in [3.63, 3.8) is 0 Å². The molecule has 2 heterocycles. The first kappa shape index (κ1) is 21.0. The summed E-state index contributed by atoms with van der Waals surface area (Å²) in [5.74, 6) is 0.183. The molecular formula is C18H17ClN4O4S2. The normalized spacial score (nSPS) is 11.2. The van der Waals surface area contributed by atoms with Crippen LogP contribution in [0.1, 0.15) is 12.6 Å². The number of rotatable bonds is 6. The first-order valence-corrected chi connectivity index (χ1v) is 10.9. The molecule has 2 aromatic heterocycles. The highest BCUT2D eigenvalue weighted by molar-refractivity contribution is 7.92. The molecule has 0 spiro atoms. The van der Waals surface area contributed by atoms with Gasteiger partial charge in [0.25, 0.3) is 10.0 Å². The van der Waals surface area contributed by atoms with E-state index in [1.165, 1.54) is 43.7 Å². The summed E-state index contributed by atoms with van der Waals surface area (Å²) in [5.41, 5.74) is 1.41. The summed E-state index contributed by atoms with van der Waals surface area (Å²) < 4.78 is 33.0. The highest BCUT2D eigenvalue weighted by Gasteiger charge is 2.19. The van der Waals surface area contributed by atoms with Crippen LogP contribution in [0.25, 0.3) is 10.4 Å². The smallest absolute Gasteiger partial charge is 0.262 e. The number of aromatic nitrogens is 2. The van der Waals surface area contributed by atoms with Crippen LogP contribution in [-0.2, 0) is 14.8 Å². The molecule has 0 saturated carbocycles. The first-order valence-electron chi connectivity index (χ1n) is 8.27. The van der Waals surface area contributed by atoms with Crippen LogP contribution in [0.2, 0.25) is 5.15 Å². The summed E-state index contributed by atoms with van der Waals surface area (Å²) >= 11 is 7.37. The van der Waals surface area contributed by atoms with Crippen molar-refractivity contribution in [1.82, 2.24) is 9.97 Å². The number of thiazole rings is 1. The number of carbonyl (C=O) groups is 1. The van der Waals surface area contributed by atoms with E-state index < -0.39 is 10.0 Å². The fourth-order valence-electron chi connectivity index (χ4n) is 2.48. The van der Waals surface area contributed by atoms with Gasteiger partial charge < -0.3 is 10.1 Å². The number of anilines is 2. The van der Waals surface area contributed by atoms with Gasteiger partial charge in [0, 0.05) is 24.8 Å². The Bertz CT molecular complexity index is 1180. The van der Waals surface area contributed by atoms with Gasteiger partial charge in [-0.15, -0.1) is 0 Å². The van der Waals surface area contributed by atoms with E-state index in [4.69, 9.17) is 16.3 Å². The maximum absolute atomic E-state index is 12.8. The molecule has 3 rings (SSSR count). The zero-order valence-electron chi connectivity index (χ0n) is 15.7. The third kappa shape index (κ3) is 4.84. The number of ether oxygens (including phenoxy) is 1. The average Bonchev–Trinajstić information content (AvgIpc) is 3.02. The zero-order chi connectivity index (χ0) is 21.2. The number of halogens is 1. The van der Waals surface area contributed by atoms with E-state index >= 15 is 0 Å². The third-order valence-corrected chi connectivity index (χ3v) is 6.56. The maximum atomic E-state index is 12.8. The summed E-state index contributed by atoms with van der Waals surface area (Å²) in [6.07, 6.45) is 1.52. The molecule has 0 atom stereocenters. The monoisotopic (exact) mass is 452 g/mol. The molecule has 1 amide bonds. The minimum atomic E-state index is -3.91. The lowest BCUT2D eigenvalue weighted by molar-refractivity contribution is -0.114. The highest BCUT2D eigenvalue weighted by atomic mass is 35.5. The Balaban J connectivity index is 1.95. The van der Waals surface area contributed by atoms with Gasteiger partial charge in [-0.3, -0.25) is 9.52 Å². The van der Waals surface area contributed by atoms with Gasteiger partial charge in [0.2, 0.25) is 5.91 Å². The number of sulfonamides is 1. The van der Waals surface area contributed by atoms with E-state index in [1.807, 2.05) is 0 Å². The number of hydrogen-bond acceptors (Lipinski definition) is 7. The SMILES string of the molecule is COc1cccc(S(=O)(=O)Nc2cc(-c3sc(NC(C)=O)nc3C)cnc2Cl)c1. The molecule has 0 bridgehead atoms. The molecule has 0 radical (unpaired) electrons. The van der Waals surface area contributed by atoms with Crippen molar-refractivity contribution in [2.45, 2.75) is 18.7 Å². The van der Waals surface area contributed by atoms with Gasteiger partial charge in [0.1, 0.15) is 5.75 Å². The fourth-order valence-corrected chi connectivity index (χ4v) is 4.78. The lowest BCUT2D eigenvalue weighted by atomic mass is 10.2. The molecule has 3 aromatic rings. The van der Waals surface area contributed by atoms with E-state index in [1.54, 1.807) is 25.1 Å². The molecule has 11 heteroatoms. The van der Waals surface area contributed by atoms with Crippen molar-refractivity contribution in [2.24, 2.45) is 0 Å². The zero-order valence-corrected chi connectivity index (χ0v) is 18.1. The predicted octanol–water partition coefficient (Wildman–Crippen LogP) is 3.93. The number of nitrogens with one attached hydrogen (secondary N) is 2. The largest absolute Gasteiger partial charge is 0.497 e. The van der Waals surface area contributed by atoms with E-state index in [2.05, 4.69) is 20.0 Å². The Kier molecular flexibility index (Phi) is 6.06. The molecule has 1 aromatic carbocycles. The van der Waals surface area contributed by atoms with Crippen LogP contribution < -0.4 is 14.8 Å². The molecule has 0 aliphatic rings. The van der Waals surface area contributed by atoms with E-state index in [0.717, 1.165) is 4.88 Å². The molecular weight excluding hydrogens is 436 g/mol. The number of carbonyl (C=O) groups excluding carboxylic acids is 1. The second-order valence-corrected chi connectivity index (χ2v) is 9.00. The quantitative estimate of drug-likeness (QED) is 0.548. The molecule has 0 aliphatic carbocycles. The van der Waals surface area contributed by atoms with Crippen LogP contribution in [0.4, 0.5) is 10.8 Å². The maximum Gasteiger partial charge on any atom is 0.262 e. The second-order valence-electron chi connectivity index (χ2n) is 5.96. The molecule has 0 fully saturated rings. The van der Waals surface area contributed by atoms with Gasteiger partial charge in [-0.1, -0.05) is 29.0 Å². The van der Waals surface area contributed by atoms with Crippen LogP contribution >= 0.6 is 22.9 Å². The van der Waals surface area contributed by atoms with Crippen LogP contribution in [-0.4, -0.2) is 31.4 Å². The highest BCUT2D eigenvalue weighted by Crippen LogP contribution is 2.35. The second kappa shape index (κ2) is 8.36. The van der Waals surface area contributed by atoms with Crippen LogP contribution in [0.5, 0.6) is 5.75 Å². The Morgan fingerprint density at radius 3 is 2.72 bits per heavy atom. The summed E-state index contributed by atoms with van der Waals surface area (Å²) in [6, 6.07) is 7.65. The van der Waals surface area contributed by atoms with Gasteiger partial charge in [0.05, 0.1) is 28.3 Å². The van der Waals surface area contributed by atoms with Crippen molar-refractivity contribution in [3.05, 3.63) is 47.4 Å². The Morgan fingerprint density at radius 2 is 2.03 bits per heavy atom. The van der Waals surface area contributed by atoms with Crippen molar-refractivity contribution in [1.29, 1.82) is 0 Å². The Labute approximate surface area is 177 Å². The van der Waals surface area contributed by atoms with Crippen molar-refractivity contribution in [2.75, 3.05) is 17.1 Å². The number of methoxy groups -OCH3 is 1. The standard InChI is InChI=1S/C18H17ClN4O4S2/c1-10-16(28-18(21-10)22-11(2)24)12-7-15(17(19)20-9-12)23-29(25,26)14-6-4-5-13(8-14)27-3/h4-9,23H,1-3H3,(H,21,22,24). The molecule has 8 nitrogen and oxygen atoms in total. The van der Waals surface area contributed by atoms with Gasteiger partial charge in [-0.25, -0.2) is 18.4 Å². The number of benzene rings is 1. The van der Waals surface area contributed by atoms with E-state index in [9.17, 15) is 13.2 Å². The number of aryl methyl sites for hydroxylation is 1. The number of nitrogens with zero attached hydrogens (tertiary/aromatic N) is 2. The Morgan fingerprint density at radius 1 is 1.28 bits per heavy atom. The molecule has 2 N–H and O–H groups in total. The van der Waals surface area contributed by atoms with Crippen molar-refractivity contribution in [3.8, 4) is 16.2 Å². The molecule has 0 unspecified atom stereocenters. The lowest BCUT2D eigenvalue weighted by Crippen LogP contribution is -2.13. The topological polar surface area (TPSA) is 110 Å². The molecule has 0 aliphatic heterocycles. The van der Waals surface area contributed by atoms with Crippen molar-refractivity contribution >= 4 is 49.7 Å². The minimum absolute atomic E-state index is 0.00414. The molecule has 29 heavy (non-hydrogen) atoms. The summed E-state index contributed by atoms with van der Waals surface area (Å²) in [7, 11) is -2.46. The van der Waals surface area contributed by atoms with Crippen LogP contribution in [0.3, 0.4) is 0 Å². The first-order chi connectivity index (χ1) is 13.7. The van der Waals surface area contributed by atoms with Gasteiger partial charge in [-0.2, -0.15) is 0 Å². The number of amides is 1. The van der Waals surface area contributed by atoms with E-state index in [-0.39, 0.29) is 21.6 Å². The summed E-state index contributed by atoms with van der Waals surface area (Å²) in [4.78, 5) is 20.4. The van der Waals surface area contributed by atoms with Crippen molar-refractivity contribution < 1.29 is 17.9 Å². The summed E-state index contributed by atoms with van der Waals surface area (Å²) in [5, 5.41) is 3.08. The van der Waals surface area contributed by atoms with E-state index in [0.29, 0.717) is 22.1 Å². The summed E-state index contributed by atoms with van der Waals surface area (Å²) in [6.45, 7) is 3.18. The van der Waals surface area contributed by atoms with Crippen LogP contribution in [0.15, 0.2) is 41.4 Å². The van der Waals surface area contributed by atoms with Gasteiger partial charge >= 0.3 is 0 Å². The van der Waals surface area contributed by atoms with Crippen LogP contribution in [0, 0.1) is 6.92 Å². The molecule has 0 saturated heterocycles. The third-order valence-electron chi connectivity index (χ3n) is 3.78. The number of pyridine rings is 1. The number of hydrogen-bond donors (Lipinski definition) is 2. The predicted molar refractivity (Wildman–Crippen MR) is 113 cm³/mol. The average molecular weight is 453 g/mol. The molecule has 152 valence electrons. The minimum Gasteiger partial charge on any atom is -0.497 e. The van der Waals surface area contributed by atoms with Gasteiger partial charge in [0.15, 0.2) is 10.3 Å². The van der Waals surface area contributed by atoms with Gasteiger partial charge in [-0.05, 0) is 25.1 Å². The Hall–Kier alpha value is -2.69. The lowest BCUT2D eigenvalue weighted by Gasteiger charge is -2.11. The fraction of sp³-hybridized carbons (Fsp3) is 0.167.